The summed E-state index contributed by atoms with van der Waals surface area (Å²) in [5, 5.41) is 12.7. The summed E-state index contributed by atoms with van der Waals surface area (Å²) in [5.74, 6) is -2.32. The Labute approximate surface area is 124 Å². The number of benzene rings is 1. The van der Waals surface area contributed by atoms with E-state index in [-0.39, 0.29) is 6.42 Å². The van der Waals surface area contributed by atoms with Crippen LogP contribution in [0.5, 0.6) is 0 Å². The first-order valence-corrected chi connectivity index (χ1v) is 6.50. The van der Waals surface area contributed by atoms with Crippen molar-refractivity contribution in [1.29, 1.82) is 0 Å². The Hall–Kier alpha value is -1.92. The molecule has 0 aliphatic rings. The van der Waals surface area contributed by atoms with Crippen LogP contribution in [0.1, 0.15) is 36.7 Å². The van der Waals surface area contributed by atoms with Gasteiger partial charge in [-0.1, -0.05) is 12.1 Å². The third-order valence-electron chi connectivity index (χ3n) is 2.55. The fourth-order valence-electron chi connectivity index (χ4n) is 1.92. The van der Waals surface area contributed by atoms with E-state index in [1.807, 2.05) is 0 Å². The molecule has 0 heterocycles. The first-order valence-electron chi connectivity index (χ1n) is 6.50. The zero-order valence-electron chi connectivity index (χ0n) is 12.7. The maximum Gasteiger partial charge on any atom is 0.337 e. The quantitative estimate of drug-likeness (QED) is 0.468. The van der Waals surface area contributed by atoms with E-state index in [9.17, 15) is 14.7 Å². The monoisotopic (exact) mass is 295 g/mol. The maximum absolute atomic E-state index is 11.5. The summed E-state index contributed by atoms with van der Waals surface area (Å²) in [6.45, 7) is 5.28. The van der Waals surface area contributed by atoms with Crippen LogP contribution in [0.2, 0.25) is 0 Å². The summed E-state index contributed by atoms with van der Waals surface area (Å²) in [6.07, 6.45) is 0.365. The molecule has 1 amide bonds. The molecule has 0 aliphatic carbocycles. The lowest BCUT2D eigenvalue weighted by molar-refractivity contribution is -0.264. The van der Waals surface area contributed by atoms with Crippen LogP contribution < -0.4 is 5.32 Å². The first-order chi connectivity index (χ1) is 9.69. The van der Waals surface area contributed by atoms with Crippen molar-refractivity contribution >= 4 is 12.4 Å². The molecule has 1 aromatic carbocycles. The van der Waals surface area contributed by atoms with Gasteiger partial charge in [0.25, 0.3) is 5.91 Å². The van der Waals surface area contributed by atoms with Gasteiger partial charge in [-0.25, -0.2) is 4.79 Å². The third-order valence-corrected chi connectivity index (χ3v) is 2.55. The first kappa shape index (κ1) is 17.1. The lowest BCUT2D eigenvalue weighted by Crippen LogP contribution is -2.52. The zero-order valence-corrected chi connectivity index (χ0v) is 12.7. The molecule has 6 heteroatoms. The van der Waals surface area contributed by atoms with Crippen LogP contribution in [-0.4, -0.2) is 36.1 Å². The molecule has 0 radical (unpaired) electrons. The van der Waals surface area contributed by atoms with Gasteiger partial charge in [0.2, 0.25) is 6.41 Å². The lowest BCUT2D eigenvalue weighted by Gasteiger charge is -2.34. The van der Waals surface area contributed by atoms with Crippen molar-refractivity contribution in [3.8, 4) is 0 Å². The Bertz CT molecular complexity index is 509. The molecule has 0 aliphatic heterocycles. The van der Waals surface area contributed by atoms with Gasteiger partial charge in [0.1, 0.15) is 0 Å². The highest BCUT2D eigenvalue weighted by molar-refractivity contribution is 5.89. The molecule has 1 rings (SSSR count). The van der Waals surface area contributed by atoms with Gasteiger partial charge < -0.3 is 19.9 Å². The standard InChI is InChI=1S/C15H21NO5/c1-14(2,3)21-15(19,16-10-17)9-11-6-5-7-12(8-11)13(18)20-4/h5-8,10,19H,9H2,1-4H3,(H,16,17). The van der Waals surface area contributed by atoms with Gasteiger partial charge in [-0.3, -0.25) is 4.79 Å². The Kier molecular flexibility index (Phi) is 5.46. The van der Waals surface area contributed by atoms with Crippen LogP contribution in [-0.2, 0) is 20.7 Å². The van der Waals surface area contributed by atoms with Crippen molar-refractivity contribution in [2.75, 3.05) is 7.11 Å². The number of amides is 1. The third kappa shape index (κ3) is 5.53. The van der Waals surface area contributed by atoms with Crippen LogP contribution >= 0.6 is 0 Å². The number of aliphatic hydroxyl groups is 1. The summed E-state index contributed by atoms with van der Waals surface area (Å²) < 4.78 is 10.1. The van der Waals surface area contributed by atoms with Gasteiger partial charge in [-0.05, 0) is 38.5 Å². The molecule has 2 N–H and O–H groups in total. The summed E-state index contributed by atoms with van der Waals surface area (Å²) in [5.41, 5.74) is 0.322. The van der Waals surface area contributed by atoms with Crippen molar-refractivity contribution in [2.24, 2.45) is 0 Å². The van der Waals surface area contributed by atoms with Crippen molar-refractivity contribution in [3.05, 3.63) is 35.4 Å². The van der Waals surface area contributed by atoms with E-state index < -0.39 is 17.5 Å². The van der Waals surface area contributed by atoms with E-state index in [1.54, 1.807) is 45.0 Å². The Morgan fingerprint density at radius 1 is 1.38 bits per heavy atom. The molecule has 0 saturated heterocycles. The van der Waals surface area contributed by atoms with Gasteiger partial charge in [-0.2, -0.15) is 0 Å². The second-order valence-corrected chi connectivity index (χ2v) is 5.63. The highest BCUT2D eigenvalue weighted by Crippen LogP contribution is 2.20. The SMILES string of the molecule is COC(=O)c1cccc(CC(O)(NC=O)OC(C)(C)C)c1. The molecule has 0 fully saturated rings. The number of carbonyl (C=O) groups excluding carboxylic acids is 2. The Balaban J connectivity index is 2.98. The second kappa shape index (κ2) is 6.69. The highest BCUT2D eigenvalue weighted by atomic mass is 16.7. The van der Waals surface area contributed by atoms with Crippen LogP contribution in [0.15, 0.2) is 24.3 Å². The van der Waals surface area contributed by atoms with Crippen molar-refractivity contribution < 1.29 is 24.2 Å². The molecular weight excluding hydrogens is 274 g/mol. The molecule has 21 heavy (non-hydrogen) atoms. The number of carbonyl (C=O) groups is 2. The minimum Gasteiger partial charge on any atom is -0.465 e. The van der Waals surface area contributed by atoms with Crippen molar-refractivity contribution in [3.63, 3.8) is 0 Å². The minimum atomic E-state index is -1.85. The number of esters is 1. The topological polar surface area (TPSA) is 84.9 Å². The number of hydrogen-bond acceptors (Lipinski definition) is 5. The molecule has 1 atom stereocenters. The van der Waals surface area contributed by atoms with Gasteiger partial charge >= 0.3 is 5.97 Å². The average molecular weight is 295 g/mol. The normalized spacial score (nSPS) is 14.1. The average Bonchev–Trinajstić information content (AvgIpc) is 2.35. The van der Waals surface area contributed by atoms with E-state index in [4.69, 9.17) is 4.74 Å². The number of nitrogens with one attached hydrogen (secondary N) is 1. The maximum atomic E-state index is 11.5. The number of methoxy groups -OCH3 is 1. The van der Waals surface area contributed by atoms with E-state index in [0.717, 1.165) is 0 Å². The summed E-state index contributed by atoms with van der Waals surface area (Å²) in [7, 11) is 1.29. The molecule has 0 aromatic heterocycles. The van der Waals surface area contributed by atoms with E-state index in [1.165, 1.54) is 7.11 Å². The molecule has 6 nitrogen and oxygen atoms in total. The molecular formula is C15H21NO5. The molecule has 0 spiro atoms. The van der Waals surface area contributed by atoms with Gasteiger partial charge in [0, 0.05) is 6.42 Å². The molecule has 1 unspecified atom stereocenters. The van der Waals surface area contributed by atoms with Gasteiger partial charge in [0.05, 0.1) is 18.3 Å². The highest BCUT2D eigenvalue weighted by Gasteiger charge is 2.33. The second-order valence-electron chi connectivity index (χ2n) is 5.63. The largest absolute Gasteiger partial charge is 0.465 e. The molecule has 0 saturated carbocycles. The number of hydrogen-bond donors (Lipinski definition) is 2. The predicted octanol–water partition coefficient (Wildman–Crippen LogP) is 1.22. The Morgan fingerprint density at radius 2 is 2.05 bits per heavy atom. The molecule has 116 valence electrons. The summed E-state index contributed by atoms with van der Waals surface area (Å²) in [4.78, 5) is 22.2. The van der Waals surface area contributed by atoms with Crippen LogP contribution in [0.4, 0.5) is 0 Å². The number of ether oxygens (including phenoxy) is 2. The van der Waals surface area contributed by atoms with E-state index in [0.29, 0.717) is 17.5 Å². The molecule has 0 bridgehead atoms. The minimum absolute atomic E-state index is 0.00611. The van der Waals surface area contributed by atoms with Gasteiger partial charge in [0.15, 0.2) is 0 Å². The fraction of sp³-hybridized carbons (Fsp3) is 0.467. The number of rotatable bonds is 6. The lowest BCUT2D eigenvalue weighted by atomic mass is 10.1. The smallest absolute Gasteiger partial charge is 0.337 e. The fourth-order valence-corrected chi connectivity index (χ4v) is 1.92. The van der Waals surface area contributed by atoms with E-state index >= 15 is 0 Å². The Morgan fingerprint density at radius 3 is 2.57 bits per heavy atom. The molecule has 1 aromatic rings. The van der Waals surface area contributed by atoms with Crippen molar-refractivity contribution in [2.45, 2.75) is 38.7 Å². The van der Waals surface area contributed by atoms with Crippen LogP contribution in [0, 0.1) is 0 Å². The van der Waals surface area contributed by atoms with E-state index in [2.05, 4.69) is 10.1 Å². The zero-order chi connectivity index (χ0) is 16.1. The van der Waals surface area contributed by atoms with Crippen molar-refractivity contribution in [1.82, 2.24) is 5.32 Å². The predicted molar refractivity (Wildman–Crippen MR) is 76.5 cm³/mol. The van der Waals surface area contributed by atoms with Crippen LogP contribution in [0.3, 0.4) is 0 Å². The van der Waals surface area contributed by atoms with Crippen LogP contribution in [0.25, 0.3) is 0 Å². The summed E-state index contributed by atoms with van der Waals surface area (Å²) in [6, 6.07) is 6.57. The summed E-state index contributed by atoms with van der Waals surface area (Å²) >= 11 is 0. The van der Waals surface area contributed by atoms with Gasteiger partial charge in [-0.15, -0.1) is 0 Å².